The average molecular weight is 554 g/mol. The SMILES string of the molecule is CC(=O)OCC(=O)[C@]12CN(Cc3ccccc3)C[C@@H]1C[C@H]1[C@@H]3C[C@H](F)C4=CC(=O)C=C[C@]4(C)[C@@]3(F)[C@@H](O)C[C@@]12C. The molecular weight excluding hydrogens is 516 g/mol. The van der Waals surface area contributed by atoms with Crippen LogP contribution in [-0.4, -0.2) is 65.2 Å². The number of likely N-dealkylation sites (tertiary alicyclic amines) is 1. The molecule has 214 valence electrons. The van der Waals surface area contributed by atoms with E-state index in [1.165, 1.54) is 25.2 Å². The van der Waals surface area contributed by atoms with Gasteiger partial charge in [0.25, 0.3) is 0 Å². The fourth-order valence-electron chi connectivity index (χ4n) is 9.64. The van der Waals surface area contributed by atoms with Crippen molar-refractivity contribution in [3.63, 3.8) is 0 Å². The van der Waals surface area contributed by atoms with Crippen LogP contribution in [-0.2, 0) is 25.7 Å². The van der Waals surface area contributed by atoms with Crippen LogP contribution in [0.1, 0.15) is 45.6 Å². The maximum Gasteiger partial charge on any atom is 0.303 e. The Morgan fingerprint density at radius 1 is 1.15 bits per heavy atom. The zero-order valence-electron chi connectivity index (χ0n) is 23.2. The van der Waals surface area contributed by atoms with Gasteiger partial charge in [-0.15, -0.1) is 0 Å². The summed E-state index contributed by atoms with van der Waals surface area (Å²) in [5.41, 5.74) is -4.27. The van der Waals surface area contributed by atoms with Gasteiger partial charge in [0, 0.05) is 37.9 Å². The number of fused-ring (bicyclic) bond motifs is 7. The molecule has 0 spiro atoms. The van der Waals surface area contributed by atoms with E-state index in [0.717, 1.165) is 5.56 Å². The molecule has 6 nitrogen and oxygen atoms in total. The molecule has 0 unspecified atom stereocenters. The number of alkyl halides is 2. The number of rotatable bonds is 5. The standard InChI is InChI=1S/C32H37F2NO5/c1-19(36)40-17-28(39)31-18-35(15-20-7-5-4-6-8-20)16-21(31)11-23-24-13-26(33)25-12-22(37)9-10-29(25,2)32(24,34)27(38)14-30(23,31)3/h4-10,12,21,23-24,26-27,38H,11,13-18H2,1-3H3/t21-,23-,24-,26-,27-,29-,30-,31-,32-/m0/s1. The summed E-state index contributed by atoms with van der Waals surface area (Å²) in [6.07, 6.45) is 1.30. The lowest BCUT2D eigenvalue weighted by Crippen LogP contribution is -2.69. The highest BCUT2D eigenvalue weighted by atomic mass is 19.1. The third-order valence-corrected chi connectivity index (χ3v) is 11.4. The van der Waals surface area contributed by atoms with Crippen LogP contribution in [0.15, 0.2) is 54.1 Å². The van der Waals surface area contributed by atoms with E-state index in [-0.39, 0.29) is 48.4 Å². The zero-order valence-corrected chi connectivity index (χ0v) is 23.2. The van der Waals surface area contributed by atoms with Crippen LogP contribution in [0.3, 0.4) is 0 Å². The number of halogens is 2. The number of esters is 1. The van der Waals surface area contributed by atoms with Crippen LogP contribution < -0.4 is 0 Å². The number of nitrogens with zero attached hydrogens (tertiary/aromatic N) is 1. The number of benzene rings is 1. The van der Waals surface area contributed by atoms with E-state index in [1.807, 2.05) is 37.3 Å². The Bertz CT molecular complexity index is 1310. The molecule has 1 saturated heterocycles. The number of carbonyl (C=O) groups is 3. The summed E-state index contributed by atoms with van der Waals surface area (Å²) in [5.74, 6) is -2.51. The second-order valence-corrected chi connectivity index (χ2v) is 13.1. The lowest BCUT2D eigenvalue weighted by Gasteiger charge is -2.63. The number of ketones is 2. The molecule has 1 aromatic rings. The molecule has 9 atom stereocenters. The predicted octanol–water partition coefficient (Wildman–Crippen LogP) is 4.17. The number of aliphatic hydroxyl groups is 1. The van der Waals surface area contributed by atoms with Crippen LogP contribution in [0.25, 0.3) is 0 Å². The third-order valence-electron chi connectivity index (χ3n) is 11.4. The van der Waals surface area contributed by atoms with Crippen LogP contribution in [0, 0.1) is 34.0 Å². The van der Waals surface area contributed by atoms with Gasteiger partial charge in [-0.3, -0.25) is 19.3 Å². The van der Waals surface area contributed by atoms with E-state index < -0.39 is 46.1 Å². The van der Waals surface area contributed by atoms with Gasteiger partial charge < -0.3 is 9.84 Å². The molecule has 4 fully saturated rings. The molecule has 3 saturated carbocycles. The van der Waals surface area contributed by atoms with Crippen molar-refractivity contribution in [2.75, 3.05) is 19.7 Å². The molecule has 0 aromatic heterocycles. The lowest BCUT2D eigenvalue weighted by molar-refractivity contribution is -0.212. The number of Topliss-reactive ketones (excluding diaryl/α,β-unsaturated/α-hetero) is 1. The van der Waals surface area contributed by atoms with Crippen LogP contribution >= 0.6 is 0 Å². The van der Waals surface area contributed by atoms with Gasteiger partial charge in [0.2, 0.25) is 0 Å². The van der Waals surface area contributed by atoms with E-state index in [2.05, 4.69) is 4.90 Å². The minimum absolute atomic E-state index is 0.0216. The lowest BCUT2D eigenvalue weighted by atomic mass is 9.43. The summed E-state index contributed by atoms with van der Waals surface area (Å²) in [6, 6.07) is 9.95. The van der Waals surface area contributed by atoms with Crippen molar-refractivity contribution in [1.82, 2.24) is 4.90 Å². The molecule has 1 aliphatic heterocycles. The summed E-state index contributed by atoms with van der Waals surface area (Å²) in [4.78, 5) is 40.2. The molecule has 1 N–H and O–H groups in total. The van der Waals surface area contributed by atoms with Crippen molar-refractivity contribution >= 4 is 17.5 Å². The fraction of sp³-hybridized carbons (Fsp3) is 0.594. The Kier molecular flexibility index (Phi) is 6.28. The number of hydrogen-bond donors (Lipinski definition) is 1. The second kappa shape index (κ2) is 9.15. The third kappa shape index (κ3) is 3.54. The molecule has 4 aliphatic carbocycles. The highest BCUT2D eigenvalue weighted by molar-refractivity contribution is 6.01. The minimum Gasteiger partial charge on any atom is -0.458 e. The highest BCUT2D eigenvalue weighted by Gasteiger charge is 2.78. The van der Waals surface area contributed by atoms with E-state index in [1.54, 1.807) is 6.92 Å². The minimum atomic E-state index is -2.19. The first-order chi connectivity index (χ1) is 18.9. The molecule has 0 radical (unpaired) electrons. The topological polar surface area (TPSA) is 83.9 Å². The molecule has 0 amide bonds. The predicted molar refractivity (Wildman–Crippen MR) is 143 cm³/mol. The van der Waals surface area contributed by atoms with E-state index in [9.17, 15) is 19.5 Å². The summed E-state index contributed by atoms with van der Waals surface area (Å²) in [5, 5.41) is 11.7. The Labute approximate surface area is 233 Å². The molecule has 5 aliphatic rings. The monoisotopic (exact) mass is 553 g/mol. The summed E-state index contributed by atoms with van der Waals surface area (Å²) in [7, 11) is 0. The Morgan fingerprint density at radius 2 is 1.88 bits per heavy atom. The Balaban J connectivity index is 1.41. The van der Waals surface area contributed by atoms with Gasteiger partial charge >= 0.3 is 5.97 Å². The first-order valence-corrected chi connectivity index (χ1v) is 14.3. The summed E-state index contributed by atoms with van der Waals surface area (Å²) < 4.78 is 38.6. The van der Waals surface area contributed by atoms with Crippen molar-refractivity contribution in [1.29, 1.82) is 0 Å². The van der Waals surface area contributed by atoms with Crippen molar-refractivity contribution in [3.8, 4) is 0 Å². The van der Waals surface area contributed by atoms with Crippen molar-refractivity contribution in [2.45, 2.75) is 64.5 Å². The first kappa shape index (κ1) is 27.5. The van der Waals surface area contributed by atoms with Crippen LogP contribution in [0.5, 0.6) is 0 Å². The molecule has 8 heteroatoms. The molecule has 40 heavy (non-hydrogen) atoms. The van der Waals surface area contributed by atoms with Crippen molar-refractivity contribution in [3.05, 3.63) is 59.7 Å². The maximum atomic E-state index is 17.6. The van der Waals surface area contributed by atoms with Gasteiger partial charge in [-0.1, -0.05) is 43.3 Å². The number of aliphatic hydroxyl groups excluding tert-OH is 1. The molecule has 1 aromatic carbocycles. The van der Waals surface area contributed by atoms with Gasteiger partial charge in [0.05, 0.1) is 11.5 Å². The highest BCUT2D eigenvalue weighted by Crippen LogP contribution is 2.74. The van der Waals surface area contributed by atoms with E-state index in [0.29, 0.717) is 26.1 Å². The summed E-state index contributed by atoms with van der Waals surface area (Å²) >= 11 is 0. The number of carbonyl (C=O) groups excluding carboxylic acids is 3. The molecule has 0 bridgehead atoms. The normalized spacial score (nSPS) is 43.8. The van der Waals surface area contributed by atoms with E-state index in [4.69, 9.17) is 4.74 Å². The zero-order chi connectivity index (χ0) is 28.7. The van der Waals surface area contributed by atoms with Gasteiger partial charge in [-0.25, -0.2) is 8.78 Å². The van der Waals surface area contributed by atoms with Gasteiger partial charge in [0.15, 0.2) is 23.8 Å². The smallest absolute Gasteiger partial charge is 0.303 e. The summed E-state index contributed by atoms with van der Waals surface area (Å²) in [6.45, 7) is 6.06. The van der Waals surface area contributed by atoms with Crippen LogP contribution in [0.4, 0.5) is 8.78 Å². The maximum absolute atomic E-state index is 17.6. The second-order valence-electron chi connectivity index (χ2n) is 13.1. The Morgan fingerprint density at radius 3 is 2.58 bits per heavy atom. The molecular formula is C32H37F2NO5. The number of ether oxygens (including phenoxy) is 1. The number of hydrogen-bond acceptors (Lipinski definition) is 6. The molecule has 6 rings (SSSR count). The Hall–Kier alpha value is -2.71. The van der Waals surface area contributed by atoms with Crippen molar-refractivity contribution in [2.24, 2.45) is 34.0 Å². The fourth-order valence-corrected chi connectivity index (χ4v) is 9.64. The van der Waals surface area contributed by atoms with E-state index >= 15 is 8.78 Å². The van der Waals surface area contributed by atoms with Gasteiger partial charge in [-0.2, -0.15) is 0 Å². The van der Waals surface area contributed by atoms with Crippen LogP contribution in [0.2, 0.25) is 0 Å². The number of allylic oxidation sites excluding steroid dienone is 4. The average Bonchev–Trinajstić information content (AvgIpc) is 3.38. The first-order valence-electron chi connectivity index (χ1n) is 14.3. The van der Waals surface area contributed by atoms with Gasteiger partial charge in [0.1, 0.15) is 6.17 Å². The quantitative estimate of drug-likeness (QED) is 0.552. The van der Waals surface area contributed by atoms with Crippen molar-refractivity contribution < 1.29 is 33.0 Å². The molecule has 1 heterocycles. The van der Waals surface area contributed by atoms with Gasteiger partial charge in [-0.05, 0) is 66.7 Å². The largest absolute Gasteiger partial charge is 0.458 e.